The van der Waals surface area contributed by atoms with E-state index in [1.165, 1.54) is 22.1 Å². The Hall–Kier alpha value is -1.07. The SMILES string of the molecule is CN1CCSCC1C(NN)c1cccc2ccccc12. The molecule has 0 aliphatic carbocycles. The number of hydrazine groups is 1. The number of nitrogens with zero attached hydrogens (tertiary/aromatic N) is 1. The summed E-state index contributed by atoms with van der Waals surface area (Å²) in [6.45, 7) is 1.12. The third kappa shape index (κ3) is 2.56. The lowest BCUT2D eigenvalue weighted by Crippen LogP contribution is -2.49. The monoisotopic (exact) mass is 287 g/mol. The van der Waals surface area contributed by atoms with Crippen molar-refractivity contribution in [1.29, 1.82) is 0 Å². The van der Waals surface area contributed by atoms with Crippen molar-refractivity contribution in [2.24, 2.45) is 5.84 Å². The molecular weight excluding hydrogens is 266 g/mol. The zero-order chi connectivity index (χ0) is 13.9. The quantitative estimate of drug-likeness (QED) is 0.672. The molecule has 0 amide bonds. The maximum Gasteiger partial charge on any atom is 0.0629 e. The van der Waals surface area contributed by atoms with Crippen LogP contribution >= 0.6 is 11.8 Å². The molecule has 0 bridgehead atoms. The molecule has 1 heterocycles. The van der Waals surface area contributed by atoms with Gasteiger partial charge in [0.15, 0.2) is 0 Å². The van der Waals surface area contributed by atoms with Gasteiger partial charge in [-0.15, -0.1) is 0 Å². The lowest BCUT2D eigenvalue weighted by atomic mass is 9.94. The first-order valence-corrected chi connectivity index (χ1v) is 8.18. The van der Waals surface area contributed by atoms with E-state index in [9.17, 15) is 0 Å². The van der Waals surface area contributed by atoms with Crippen LogP contribution in [0.25, 0.3) is 10.8 Å². The molecule has 1 aliphatic rings. The summed E-state index contributed by atoms with van der Waals surface area (Å²) in [4.78, 5) is 2.42. The minimum absolute atomic E-state index is 0.166. The standard InChI is InChI=1S/C16H21N3S/c1-19-9-10-20-11-15(19)16(18-17)14-8-4-6-12-5-2-3-7-13(12)14/h2-8,15-16,18H,9-11,17H2,1H3. The van der Waals surface area contributed by atoms with Crippen LogP contribution in [-0.2, 0) is 0 Å². The summed E-state index contributed by atoms with van der Waals surface area (Å²) in [5, 5.41) is 2.57. The number of thioether (sulfide) groups is 1. The van der Waals surface area contributed by atoms with Crippen molar-refractivity contribution in [2.75, 3.05) is 25.1 Å². The number of nitrogens with one attached hydrogen (secondary N) is 1. The number of hydrogen-bond acceptors (Lipinski definition) is 4. The molecule has 2 atom stereocenters. The second-order valence-corrected chi connectivity index (χ2v) is 6.49. The van der Waals surface area contributed by atoms with E-state index in [2.05, 4.69) is 59.8 Å². The van der Waals surface area contributed by atoms with Gasteiger partial charge in [-0.05, 0) is 23.4 Å². The van der Waals surface area contributed by atoms with Crippen molar-refractivity contribution in [2.45, 2.75) is 12.1 Å². The number of nitrogens with two attached hydrogens (primary N) is 1. The molecule has 20 heavy (non-hydrogen) atoms. The van der Waals surface area contributed by atoms with Crippen LogP contribution < -0.4 is 11.3 Å². The van der Waals surface area contributed by atoms with Crippen LogP contribution in [0.5, 0.6) is 0 Å². The Labute approximate surface area is 124 Å². The van der Waals surface area contributed by atoms with Crippen molar-refractivity contribution in [3.8, 4) is 0 Å². The van der Waals surface area contributed by atoms with Crippen molar-refractivity contribution in [3.05, 3.63) is 48.0 Å². The first-order chi connectivity index (χ1) is 9.81. The molecule has 2 aromatic carbocycles. The maximum absolute atomic E-state index is 5.90. The van der Waals surface area contributed by atoms with E-state index in [0.717, 1.165) is 12.3 Å². The molecule has 2 unspecified atom stereocenters. The maximum atomic E-state index is 5.90. The molecule has 3 N–H and O–H groups in total. The summed E-state index contributed by atoms with van der Waals surface area (Å²) in [6, 6.07) is 15.6. The zero-order valence-corrected chi connectivity index (χ0v) is 12.6. The molecule has 0 spiro atoms. The third-order valence-electron chi connectivity index (χ3n) is 4.17. The molecule has 3 nitrogen and oxygen atoms in total. The molecular formula is C16H21N3S. The van der Waals surface area contributed by atoms with E-state index in [1.807, 2.05) is 11.8 Å². The molecule has 0 saturated carbocycles. The average Bonchev–Trinajstić information content (AvgIpc) is 2.50. The highest BCUT2D eigenvalue weighted by Crippen LogP contribution is 2.30. The highest BCUT2D eigenvalue weighted by Gasteiger charge is 2.29. The summed E-state index contributed by atoms with van der Waals surface area (Å²) in [7, 11) is 2.19. The van der Waals surface area contributed by atoms with Gasteiger partial charge in [-0.1, -0.05) is 42.5 Å². The summed E-state index contributed by atoms with van der Waals surface area (Å²) in [6.07, 6.45) is 0. The lowest BCUT2D eigenvalue weighted by Gasteiger charge is -2.38. The van der Waals surface area contributed by atoms with Gasteiger partial charge in [0.25, 0.3) is 0 Å². The fourth-order valence-electron chi connectivity index (χ4n) is 2.99. The Balaban J connectivity index is 2.02. The van der Waals surface area contributed by atoms with Gasteiger partial charge in [-0.25, -0.2) is 0 Å². The van der Waals surface area contributed by atoms with E-state index in [4.69, 9.17) is 5.84 Å². The Morgan fingerprint density at radius 1 is 1.25 bits per heavy atom. The Morgan fingerprint density at radius 2 is 2.05 bits per heavy atom. The van der Waals surface area contributed by atoms with Crippen molar-refractivity contribution >= 4 is 22.5 Å². The molecule has 106 valence electrons. The lowest BCUT2D eigenvalue weighted by molar-refractivity contribution is 0.217. The van der Waals surface area contributed by atoms with Gasteiger partial charge in [0.2, 0.25) is 0 Å². The Kier molecular flexibility index (Phi) is 4.27. The van der Waals surface area contributed by atoms with Gasteiger partial charge in [0, 0.05) is 24.1 Å². The number of rotatable bonds is 3. The van der Waals surface area contributed by atoms with E-state index < -0.39 is 0 Å². The Bertz CT molecular complexity index is 581. The van der Waals surface area contributed by atoms with Crippen LogP contribution in [0.2, 0.25) is 0 Å². The molecule has 2 aromatic rings. The molecule has 1 fully saturated rings. The van der Waals surface area contributed by atoms with Gasteiger partial charge in [-0.3, -0.25) is 16.2 Å². The largest absolute Gasteiger partial charge is 0.300 e. The van der Waals surface area contributed by atoms with E-state index >= 15 is 0 Å². The highest BCUT2D eigenvalue weighted by molar-refractivity contribution is 7.99. The smallest absolute Gasteiger partial charge is 0.0629 e. The van der Waals surface area contributed by atoms with Crippen LogP contribution in [0.4, 0.5) is 0 Å². The van der Waals surface area contributed by atoms with Crippen molar-refractivity contribution < 1.29 is 0 Å². The summed E-state index contributed by atoms with van der Waals surface area (Å²) in [5.41, 5.74) is 4.35. The van der Waals surface area contributed by atoms with Crippen LogP contribution in [0, 0.1) is 0 Å². The first kappa shape index (κ1) is 13.9. The van der Waals surface area contributed by atoms with Gasteiger partial charge in [-0.2, -0.15) is 11.8 Å². The molecule has 0 radical (unpaired) electrons. The van der Waals surface area contributed by atoms with E-state index in [1.54, 1.807) is 0 Å². The molecule has 1 aliphatic heterocycles. The molecule has 3 rings (SSSR count). The number of hydrogen-bond donors (Lipinski definition) is 2. The van der Waals surface area contributed by atoms with Crippen molar-refractivity contribution in [1.82, 2.24) is 10.3 Å². The van der Waals surface area contributed by atoms with Gasteiger partial charge in [0.1, 0.15) is 0 Å². The molecule has 1 saturated heterocycles. The first-order valence-electron chi connectivity index (χ1n) is 7.03. The normalized spacial score (nSPS) is 22.0. The van der Waals surface area contributed by atoms with Gasteiger partial charge in [0.05, 0.1) is 6.04 Å². The minimum Gasteiger partial charge on any atom is -0.300 e. The highest BCUT2D eigenvalue weighted by atomic mass is 32.2. The predicted molar refractivity (Wildman–Crippen MR) is 87.8 cm³/mol. The number of fused-ring (bicyclic) bond motifs is 1. The predicted octanol–water partition coefficient (Wildman–Crippen LogP) is 2.39. The number of likely N-dealkylation sites (N-methyl/N-ethyl adjacent to an activating group) is 1. The topological polar surface area (TPSA) is 41.3 Å². The van der Waals surface area contributed by atoms with E-state index in [0.29, 0.717) is 6.04 Å². The third-order valence-corrected chi connectivity index (χ3v) is 5.21. The number of benzene rings is 2. The van der Waals surface area contributed by atoms with Gasteiger partial charge >= 0.3 is 0 Å². The van der Waals surface area contributed by atoms with Gasteiger partial charge < -0.3 is 0 Å². The minimum atomic E-state index is 0.166. The van der Waals surface area contributed by atoms with Crippen molar-refractivity contribution in [3.63, 3.8) is 0 Å². The summed E-state index contributed by atoms with van der Waals surface area (Å²) >= 11 is 2.01. The molecule has 4 heteroatoms. The second-order valence-electron chi connectivity index (χ2n) is 5.34. The van der Waals surface area contributed by atoms with Crippen LogP contribution in [-0.4, -0.2) is 36.0 Å². The second kappa shape index (κ2) is 6.14. The van der Waals surface area contributed by atoms with E-state index in [-0.39, 0.29) is 6.04 Å². The fraction of sp³-hybridized carbons (Fsp3) is 0.375. The van der Waals surface area contributed by atoms with Crippen LogP contribution in [0.15, 0.2) is 42.5 Å². The zero-order valence-electron chi connectivity index (χ0n) is 11.8. The molecule has 0 aromatic heterocycles. The van der Waals surface area contributed by atoms with Crippen LogP contribution in [0.1, 0.15) is 11.6 Å². The average molecular weight is 287 g/mol. The fourth-order valence-corrected chi connectivity index (χ4v) is 4.26. The summed E-state index contributed by atoms with van der Waals surface area (Å²) in [5.74, 6) is 8.23. The summed E-state index contributed by atoms with van der Waals surface area (Å²) < 4.78 is 0. The Morgan fingerprint density at radius 3 is 2.85 bits per heavy atom. The van der Waals surface area contributed by atoms with Crippen LogP contribution in [0.3, 0.4) is 0 Å².